The molecule has 0 bridgehead atoms. The number of hydrogen-bond donors (Lipinski definition) is 0. The van der Waals surface area contributed by atoms with E-state index in [1.165, 1.54) is 0 Å². The van der Waals surface area contributed by atoms with Crippen molar-refractivity contribution in [3.8, 4) is 0 Å². The second kappa shape index (κ2) is 3.22. The third-order valence-corrected chi connectivity index (χ3v) is 3.36. The zero-order chi connectivity index (χ0) is 11.3. The molecule has 1 aromatic rings. The number of carbonyl (C=O) groups excluding carboxylic acids is 1. The minimum absolute atomic E-state index is 0.178. The van der Waals surface area contributed by atoms with Gasteiger partial charge in [0.05, 0.1) is 11.5 Å². The second-order valence-electron chi connectivity index (χ2n) is 4.12. The van der Waals surface area contributed by atoms with Gasteiger partial charge in [-0.15, -0.1) is 0 Å². The van der Waals surface area contributed by atoms with Gasteiger partial charge in [0.1, 0.15) is 0 Å². The Morgan fingerprint density at radius 1 is 1.62 bits per heavy atom. The molecule has 1 saturated carbocycles. The number of carbonyl (C=O) groups is 1. The van der Waals surface area contributed by atoms with Crippen LogP contribution in [0.3, 0.4) is 0 Å². The topological polar surface area (TPSA) is 35.5 Å². The van der Waals surface area contributed by atoms with Crippen LogP contribution in [0.15, 0.2) is 18.2 Å². The second-order valence-corrected chi connectivity index (χ2v) is 4.56. The zero-order valence-corrected chi connectivity index (χ0v) is 9.58. The number of fused-ring (bicyclic) bond motifs is 3. The Labute approximate surface area is 98.3 Å². The molecule has 1 heterocycles. The first-order valence-electron chi connectivity index (χ1n) is 5.33. The van der Waals surface area contributed by atoms with Gasteiger partial charge in [-0.1, -0.05) is 17.7 Å². The quantitative estimate of drug-likeness (QED) is 0.744. The van der Waals surface area contributed by atoms with Crippen LogP contribution in [0.25, 0.3) is 0 Å². The maximum absolute atomic E-state index is 11.8. The summed E-state index contributed by atoms with van der Waals surface area (Å²) in [6, 6.07) is 5.35. The van der Waals surface area contributed by atoms with Crippen molar-refractivity contribution in [1.82, 2.24) is 0 Å². The van der Waals surface area contributed by atoms with Crippen LogP contribution in [0.5, 0.6) is 0 Å². The Morgan fingerprint density at radius 3 is 3.19 bits per heavy atom. The normalized spacial score (nSPS) is 30.4. The fraction of sp³-hybridized carbons (Fsp3) is 0.417. The van der Waals surface area contributed by atoms with Crippen molar-refractivity contribution in [3.63, 3.8) is 0 Å². The average Bonchev–Trinajstić information content (AvgIpc) is 2.93. The number of ether oxygens (including phenoxy) is 2. The average molecular weight is 239 g/mol. The van der Waals surface area contributed by atoms with E-state index in [0.717, 1.165) is 12.0 Å². The highest BCUT2D eigenvalue weighted by atomic mass is 35.5. The molecular weight excluding hydrogens is 228 g/mol. The van der Waals surface area contributed by atoms with E-state index in [9.17, 15) is 4.79 Å². The lowest BCUT2D eigenvalue weighted by atomic mass is 10.0. The lowest BCUT2D eigenvalue weighted by molar-refractivity contribution is -0.136. The Hall–Kier alpha value is -1.06. The fourth-order valence-corrected chi connectivity index (χ4v) is 2.51. The molecule has 3 rings (SSSR count). The summed E-state index contributed by atoms with van der Waals surface area (Å²) in [6.45, 7) is 2.45. The number of esters is 1. The molecule has 0 amide bonds. The van der Waals surface area contributed by atoms with Gasteiger partial charge in [0.25, 0.3) is 0 Å². The number of benzene rings is 1. The van der Waals surface area contributed by atoms with Crippen LogP contribution in [0.1, 0.15) is 35.2 Å². The lowest BCUT2D eigenvalue weighted by Gasteiger charge is -2.24. The van der Waals surface area contributed by atoms with Crippen molar-refractivity contribution in [2.45, 2.75) is 25.0 Å². The molecule has 1 aliphatic heterocycles. The van der Waals surface area contributed by atoms with Crippen LogP contribution in [0.2, 0.25) is 5.02 Å². The largest absolute Gasteiger partial charge is 0.429 e. The molecule has 0 unspecified atom stereocenters. The van der Waals surface area contributed by atoms with Crippen molar-refractivity contribution < 1.29 is 14.3 Å². The molecule has 16 heavy (non-hydrogen) atoms. The molecule has 2 atom stereocenters. The van der Waals surface area contributed by atoms with Crippen LogP contribution in [0, 0.1) is 0 Å². The van der Waals surface area contributed by atoms with Crippen molar-refractivity contribution in [1.29, 1.82) is 0 Å². The van der Waals surface area contributed by atoms with E-state index in [0.29, 0.717) is 17.2 Å². The van der Waals surface area contributed by atoms with E-state index in [1.54, 1.807) is 12.1 Å². The Balaban J connectivity index is 2.03. The van der Waals surface area contributed by atoms with E-state index < -0.39 is 5.79 Å². The summed E-state index contributed by atoms with van der Waals surface area (Å²) in [5, 5.41) is 0.556. The first kappa shape index (κ1) is 10.1. The van der Waals surface area contributed by atoms with Gasteiger partial charge in [-0.3, -0.25) is 0 Å². The van der Waals surface area contributed by atoms with Crippen molar-refractivity contribution >= 4 is 17.6 Å². The highest BCUT2D eigenvalue weighted by molar-refractivity contribution is 6.31. The summed E-state index contributed by atoms with van der Waals surface area (Å²) >= 11 is 5.86. The molecule has 0 saturated heterocycles. The summed E-state index contributed by atoms with van der Waals surface area (Å²) in [6.07, 6.45) is 0.751. The van der Waals surface area contributed by atoms with Gasteiger partial charge in [0, 0.05) is 18.1 Å². The van der Waals surface area contributed by atoms with Crippen LogP contribution >= 0.6 is 11.6 Å². The molecule has 4 heteroatoms. The third kappa shape index (κ3) is 1.28. The molecule has 0 radical (unpaired) electrons. The standard InChI is InChI=1S/C12H11ClO3/c1-2-15-12-6-10(12)8-4-3-7(13)5-9(8)11(14)16-12/h3-5,10H,2,6H2,1H3/t10-,12-/m0/s1. The molecule has 0 spiro atoms. The maximum Gasteiger partial charge on any atom is 0.341 e. The summed E-state index contributed by atoms with van der Waals surface area (Å²) in [5.74, 6) is -0.843. The molecule has 3 nitrogen and oxygen atoms in total. The first-order valence-corrected chi connectivity index (χ1v) is 5.71. The Kier molecular flexibility index (Phi) is 2.03. The predicted octanol–water partition coefficient (Wildman–Crippen LogP) is 2.73. The highest BCUT2D eigenvalue weighted by Crippen LogP contribution is 2.58. The first-order chi connectivity index (χ1) is 7.66. The molecule has 1 aromatic carbocycles. The van der Waals surface area contributed by atoms with Crippen LogP contribution in [-0.4, -0.2) is 18.4 Å². The van der Waals surface area contributed by atoms with Crippen LogP contribution in [0.4, 0.5) is 0 Å². The van der Waals surface area contributed by atoms with E-state index >= 15 is 0 Å². The van der Waals surface area contributed by atoms with Crippen molar-refractivity contribution in [3.05, 3.63) is 34.3 Å². The van der Waals surface area contributed by atoms with Gasteiger partial charge in [0.15, 0.2) is 0 Å². The van der Waals surface area contributed by atoms with Crippen molar-refractivity contribution in [2.75, 3.05) is 6.61 Å². The minimum Gasteiger partial charge on any atom is -0.429 e. The molecule has 1 aliphatic carbocycles. The van der Waals surface area contributed by atoms with Gasteiger partial charge >= 0.3 is 5.97 Å². The Morgan fingerprint density at radius 2 is 2.44 bits per heavy atom. The van der Waals surface area contributed by atoms with E-state index in [-0.39, 0.29) is 11.9 Å². The monoisotopic (exact) mass is 238 g/mol. The fourth-order valence-electron chi connectivity index (χ4n) is 2.34. The predicted molar refractivity (Wildman–Crippen MR) is 58.6 cm³/mol. The van der Waals surface area contributed by atoms with Gasteiger partial charge in [-0.25, -0.2) is 4.79 Å². The summed E-state index contributed by atoms with van der Waals surface area (Å²) in [5.41, 5.74) is 1.57. The lowest BCUT2D eigenvalue weighted by Crippen LogP contribution is -2.29. The molecule has 0 aromatic heterocycles. The summed E-state index contributed by atoms with van der Waals surface area (Å²) in [7, 11) is 0. The summed E-state index contributed by atoms with van der Waals surface area (Å²) in [4.78, 5) is 11.8. The van der Waals surface area contributed by atoms with Gasteiger partial charge in [-0.2, -0.15) is 0 Å². The van der Waals surface area contributed by atoms with E-state index in [4.69, 9.17) is 21.1 Å². The van der Waals surface area contributed by atoms with Gasteiger partial charge in [-0.05, 0) is 24.6 Å². The number of hydrogen-bond acceptors (Lipinski definition) is 3. The smallest absolute Gasteiger partial charge is 0.341 e. The minimum atomic E-state index is -0.688. The molecular formula is C12H11ClO3. The van der Waals surface area contributed by atoms with E-state index in [1.807, 2.05) is 13.0 Å². The number of halogens is 1. The van der Waals surface area contributed by atoms with Crippen LogP contribution in [-0.2, 0) is 9.47 Å². The molecule has 0 N–H and O–H groups in total. The molecule has 1 fully saturated rings. The third-order valence-electron chi connectivity index (χ3n) is 3.12. The molecule has 2 aliphatic rings. The zero-order valence-electron chi connectivity index (χ0n) is 8.83. The SMILES string of the molecule is CCO[C@]12C[C@H]1c1ccc(Cl)cc1C(=O)O2. The maximum atomic E-state index is 11.8. The van der Waals surface area contributed by atoms with Gasteiger partial charge in [0.2, 0.25) is 5.79 Å². The van der Waals surface area contributed by atoms with E-state index in [2.05, 4.69) is 0 Å². The highest BCUT2D eigenvalue weighted by Gasteiger charge is 2.63. The summed E-state index contributed by atoms with van der Waals surface area (Å²) < 4.78 is 10.9. The Bertz CT molecular complexity index is 471. The van der Waals surface area contributed by atoms with Crippen molar-refractivity contribution in [2.24, 2.45) is 0 Å². The number of rotatable bonds is 2. The van der Waals surface area contributed by atoms with Gasteiger partial charge < -0.3 is 9.47 Å². The van der Waals surface area contributed by atoms with Crippen LogP contribution < -0.4 is 0 Å². The molecule has 84 valence electrons.